The lowest BCUT2D eigenvalue weighted by molar-refractivity contribution is 0.00915. The Morgan fingerprint density at radius 3 is 2.86 bits per heavy atom. The molecular weight excluding hydrogens is 284 g/mol. The Morgan fingerprint density at radius 2 is 2.19 bits per heavy atom. The van der Waals surface area contributed by atoms with Gasteiger partial charge in [-0.3, -0.25) is 0 Å². The monoisotopic (exact) mass is 308 g/mol. The molecule has 1 fully saturated rings. The Hall–Kier alpha value is -1.23. The number of carbonyl (C=O) groups excluding carboxylic acids is 1. The molecule has 2 heterocycles. The number of pyridine rings is 1. The van der Waals surface area contributed by atoms with Gasteiger partial charge in [-0.05, 0) is 52.4 Å². The third-order valence-electron chi connectivity index (χ3n) is 3.48. The molecule has 0 N–H and O–H groups in total. The summed E-state index contributed by atoms with van der Waals surface area (Å²) in [6.07, 6.45) is 6.74. The van der Waals surface area contributed by atoms with Crippen molar-refractivity contribution in [2.45, 2.75) is 56.7 Å². The van der Waals surface area contributed by atoms with Gasteiger partial charge in [0.05, 0.1) is 6.04 Å². The third-order valence-corrected chi connectivity index (χ3v) is 4.21. The van der Waals surface area contributed by atoms with Crippen LogP contribution in [0.4, 0.5) is 4.79 Å². The van der Waals surface area contributed by atoms with Gasteiger partial charge in [-0.15, -0.1) is 11.8 Å². The Morgan fingerprint density at radius 1 is 1.43 bits per heavy atom. The largest absolute Gasteiger partial charge is 0.444 e. The fraction of sp³-hybridized carbons (Fsp3) is 0.625. The molecule has 5 heteroatoms. The van der Waals surface area contributed by atoms with Gasteiger partial charge in [-0.1, -0.05) is 6.07 Å². The normalized spacial score (nSPS) is 19.4. The highest BCUT2D eigenvalue weighted by atomic mass is 32.2. The van der Waals surface area contributed by atoms with Crippen molar-refractivity contribution in [2.75, 3.05) is 12.8 Å². The summed E-state index contributed by atoms with van der Waals surface area (Å²) in [4.78, 5) is 18.8. The molecule has 2 rings (SSSR count). The summed E-state index contributed by atoms with van der Waals surface area (Å²) >= 11 is 1.63. The maximum Gasteiger partial charge on any atom is 0.410 e. The van der Waals surface area contributed by atoms with Crippen molar-refractivity contribution in [1.82, 2.24) is 9.88 Å². The molecule has 1 amide bonds. The Balaban J connectivity index is 2.25. The number of hydrogen-bond donors (Lipinski definition) is 0. The third kappa shape index (κ3) is 4.13. The molecule has 0 spiro atoms. The fourth-order valence-corrected chi connectivity index (χ4v) is 3.23. The van der Waals surface area contributed by atoms with Crippen LogP contribution in [0.1, 0.15) is 51.6 Å². The van der Waals surface area contributed by atoms with E-state index in [1.54, 1.807) is 18.0 Å². The standard InChI is InChI=1S/C16H24N2O2S/c1-16(2,3)20-15(19)18-11-6-5-9-13(18)12-8-7-10-17-14(12)21-4/h7-8,10,13H,5-6,9,11H2,1-4H3/t13-/m1/s1. The number of hydrogen-bond acceptors (Lipinski definition) is 4. The van der Waals surface area contributed by atoms with Crippen LogP contribution in [0.3, 0.4) is 0 Å². The van der Waals surface area contributed by atoms with E-state index in [4.69, 9.17) is 4.74 Å². The molecule has 21 heavy (non-hydrogen) atoms. The highest BCUT2D eigenvalue weighted by Gasteiger charge is 2.32. The summed E-state index contributed by atoms with van der Waals surface area (Å²) in [5.41, 5.74) is 0.673. The topological polar surface area (TPSA) is 42.4 Å². The zero-order valence-corrected chi connectivity index (χ0v) is 14.1. The molecule has 1 aromatic rings. The van der Waals surface area contributed by atoms with Crippen LogP contribution in [0.2, 0.25) is 0 Å². The molecule has 1 aliphatic rings. The Bertz CT molecular complexity index is 499. The lowest BCUT2D eigenvalue weighted by atomic mass is 9.97. The quantitative estimate of drug-likeness (QED) is 0.765. The number of nitrogens with zero attached hydrogens (tertiary/aromatic N) is 2. The van der Waals surface area contributed by atoms with Crippen LogP contribution >= 0.6 is 11.8 Å². The lowest BCUT2D eigenvalue weighted by Crippen LogP contribution is -2.42. The van der Waals surface area contributed by atoms with E-state index in [1.807, 2.05) is 38.0 Å². The van der Waals surface area contributed by atoms with Crippen molar-refractivity contribution < 1.29 is 9.53 Å². The van der Waals surface area contributed by atoms with E-state index < -0.39 is 5.60 Å². The van der Waals surface area contributed by atoms with Crippen molar-refractivity contribution in [3.8, 4) is 0 Å². The second-order valence-electron chi connectivity index (χ2n) is 6.29. The molecule has 1 saturated heterocycles. The van der Waals surface area contributed by atoms with E-state index in [1.165, 1.54) is 0 Å². The first kappa shape index (κ1) is 16.1. The van der Waals surface area contributed by atoms with Crippen LogP contribution in [0.15, 0.2) is 23.4 Å². The van der Waals surface area contributed by atoms with Gasteiger partial charge in [0.25, 0.3) is 0 Å². The van der Waals surface area contributed by atoms with E-state index in [0.29, 0.717) is 0 Å². The maximum atomic E-state index is 12.5. The van der Waals surface area contributed by atoms with Crippen LogP contribution in [0.25, 0.3) is 0 Å². The molecule has 1 aromatic heterocycles. The predicted octanol–water partition coefficient (Wildman–Crippen LogP) is 4.27. The van der Waals surface area contributed by atoms with Crippen LogP contribution in [0, 0.1) is 0 Å². The molecule has 4 nitrogen and oxygen atoms in total. The van der Waals surface area contributed by atoms with Crippen molar-refractivity contribution >= 4 is 17.9 Å². The van der Waals surface area contributed by atoms with Crippen molar-refractivity contribution in [3.05, 3.63) is 23.9 Å². The minimum absolute atomic E-state index is 0.0738. The van der Waals surface area contributed by atoms with Crippen LogP contribution in [-0.4, -0.2) is 34.4 Å². The molecule has 0 bridgehead atoms. The first-order chi connectivity index (χ1) is 9.92. The van der Waals surface area contributed by atoms with E-state index in [2.05, 4.69) is 11.1 Å². The summed E-state index contributed by atoms with van der Waals surface area (Å²) in [5.74, 6) is 0. The van der Waals surface area contributed by atoms with Crippen LogP contribution < -0.4 is 0 Å². The Kier molecular flexibility index (Phi) is 5.14. The molecule has 1 atom stereocenters. The summed E-state index contributed by atoms with van der Waals surface area (Å²) in [7, 11) is 0. The number of ether oxygens (including phenoxy) is 1. The van der Waals surface area contributed by atoms with Crippen LogP contribution in [0.5, 0.6) is 0 Å². The number of likely N-dealkylation sites (tertiary alicyclic amines) is 1. The highest BCUT2D eigenvalue weighted by Crippen LogP contribution is 2.35. The number of rotatable bonds is 2. The molecule has 0 aliphatic carbocycles. The lowest BCUT2D eigenvalue weighted by Gasteiger charge is -2.37. The van der Waals surface area contributed by atoms with Gasteiger partial charge in [-0.2, -0.15) is 0 Å². The molecule has 0 aromatic carbocycles. The highest BCUT2D eigenvalue weighted by molar-refractivity contribution is 7.98. The van der Waals surface area contributed by atoms with Gasteiger partial charge in [0, 0.05) is 18.3 Å². The van der Waals surface area contributed by atoms with Crippen molar-refractivity contribution in [1.29, 1.82) is 0 Å². The second-order valence-corrected chi connectivity index (χ2v) is 7.08. The maximum absolute atomic E-state index is 12.5. The number of amides is 1. The minimum atomic E-state index is -0.462. The van der Waals surface area contributed by atoms with E-state index in [9.17, 15) is 4.79 Å². The fourth-order valence-electron chi connectivity index (χ4n) is 2.62. The van der Waals surface area contributed by atoms with Crippen LogP contribution in [-0.2, 0) is 4.74 Å². The zero-order chi connectivity index (χ0) is 15.5. The minimum Gasteiger partial charge on any atom is -0.444 e. The van der Waals surface area contributed by atoms with E-state index in [-0.39, 0.29) is 12.1 Å². The summed E-state index contributed by atoms with van der Waals surface area (Å²) in [5, 5.41) is 0.998. The molecule has 0 unspecified atom stereocenters. The SMILES string of the molecule is CSc1ncccc1[C@H]1CCCCN1C(=O)OC(C)(C)C. The van der Waals surface area contributed by atoms with E-state index >= 15 is 0 Å². The number of thioether (sulfide) groups is 1. The molecule has 0 radical (unpaired) electrons. The van der Waals surface area contributed by atoms with Gasteiger partial charge in [0.15, 0.2) is 0 Å². The van der Waals surface area contributed by atoms with Gasteiger partial charge in [-0.25, -0.2) is 9.78 Å². The van der Waals surface area contributed by atoms with Crippen molar-refractivity contribution in [2.24, 2.45) is 0 Å². The summed E-state index contributed by atoms with van der Waals surface area (Å²) < 4.78 is 5.56. The first-order valence-corrected chi connectivity index (χ1v) is 8.63. The average molecular weight is 308 g/mol. The van der Waals surface area contributed by atoms with Gasteiger partial charge in [0.1, 0.15) is 10.6 Å². The van der Waals surface area contributed by atoms with Gasteiger partial charge < -0.3 is 9.64 Å². The Labute approximate surface area is 131 Å². The first-order valence-electron chi connectivity index (χ1n) is 7.41. The summed E-state index contributed by atoms with van der Waals surface area (Å²) in [6.45, 7) is 6.46. The number of carbonyl (C=O) groups is 1. The predicted molar refractivity (Wildman–Crippen MR) is 85.6 cm³/mol. The van der Waals surface area contributed by atoms with Crippen molar-refractivity contribution in [3.63, 3.8) is 0 Å². The smallest absolute Gasteiger partial charge is 0.410 e. The second kappa shape index (κ2) is 6.69. The molecule has 116 valence electrons. The molecular formula is C16H24N2O2S. The molecule has 0 saturated carbocycles. The van der Waals surface area contributed by atoms with E-state index in [0.717, 1.165) is 36.4 Å². The zero-order valence-electron chi connectivity index (χ0n) is 13.3. The number of piperidine rings is 1. The average Bonchev–Trinajstić information content (AvgIpc) is 2.45. The van der Waals surface area contributed by atoms with Gasteiger partial charge in [0.2, 0.25) is 0 Å². The molecule has 1 aliphatic heterocycles. The summed E-state index contributed by atoms with van der Waals surface area (Å²) in [6, 6.07) is 4.09. The van der Waals surface area contributed by atoms with Gasteiger partial charge >= 0.3 is 6.09 Å². The number of aromatic nitrogens is 1.